The standard InChI is InChI=1S/C9H11F8IN2O3S/c1-3-20(4-2)5-19-24(21,22)9(16,17)8(14,15)23-7(12,13)6(10,11)18/h5H,3-4H2,1-2H3/b19-5+. The zero-order valence-corrected chi connectivity index (χ0v) is 14.9. The average Bonchev–Trinajstić information content (AvgIpc) is 2.36. The maximum absolute atomic E-state index is 13.4. The zero-order valence-electron chi connectivity index (χ0n) is 11.9. The monoisotopic (exact) mass is 506 g/mol. The Bertz CT molecular complexity index is 560. The smallest absolute Gasteiger partial charge is 0.362 e. The molecule has 0 amide bonds. The third-order valence-electron chi connectivity index (χ3n) is 2.41. The van der Waals surface area contributed by atoms with Crippen LogP contribution in [0, 0.1) is 0 Å². The predicted molar refractivity (Wildman–Crippen MR) is 75.2 cm³/mol. The fourth-order valence-electron chi connectivity index (χ4n) is 1.01. The van der Waals surface area contributed by atoms with Gasteiger partial charge in [-0.05, 0) is 13.8 Å². The van der Waals surface area contributed by atoms with E-state index in [0.717, 1.165) is 4.90 Å². The van der Waals surface area contributed by atoms with E-state index in [1.807, 2.05) is 0 Å². The first-order valence-corrected chi connectivity index (χ1v) is 8.41. The summed E-state index contributed by atoms with van der Waals surface area (Å²) in [5, 5.41) is -6.32. The van der Waals surface area contributed by atoms with Crippen LogP contribution >= 0.6 is 22.6 Å². The second-order valence-electron chi connectivity index (χ2n) is 4.07. The Morgan fingerprint density at radius 2 is 1.42 bits per heavy atom. The van der Waals surface area contributed by atoms with Crippen molar-refractivity contribution in [3.05, 3.63) is 0 Å². The summed E-state index contributed by atoms with van der Waals surface area (Å²) in [6.07, 6.45) is -12.3. The minimum absolute atomic E-state index is 0.0626. The average molecular weight is 506 g/mol. The highest BCUT2D eigenvalue weighted by molar-refractivity contribution is 14.1. The van der Waals surface area contributed by atoms with Gasteiger partial charge in [0.05, 0.1) is 0 Å². The van der Waals surface area contributed by atoms with E-state index in [1.54, 1.807) is 0 Å². The third-order valence-corrected chi connectivity index (χ3v) is 4.30. The summed E-state index contributed by atoms with van der Waals surface area (Å²) in [5.74, 6) is 0. The second kappa shape index (κ2) is 7.43. The van der Waals surface area contributed by atoms with Crippen LogP contribution in [0.3, 0.4) is 0 Å². The van der Waals surface area contributed by atoms with Crippen molar-refractivity contribution in [2.45, 2.75) is 35.2 Å². The molecule has 0 unspecified atom stereocenters. The van der Waals surface area contributed by atoms with Gasteiger partial charge >= 0.3 is 31.4 Å². The lowest BCUT2D eigenvalue weighted by molar-refractivity contribution is -0.438. The van der Waals surface area contributed by atoms with Crippen LogP contribution in [0.2, 0.25) is 0 Å². The minimum atomic E-state index is -6.48. The molecule has 15 heteroatoms. The first kappa shape index (κ1) is 23.5. The summed E-state index contributed by atoms with van der Waals surface area (Å²) in [7, 11) is -6.41. The van der Waals surface area contributed by atoms with Gasteiger partial charge in [0.1, 0.15) is 6.34 Å². The second-order valence-corrected chi connectivity index (χ2v) is 7.10. The fraction of sp³-hybridized carbons (Fsp3) is 0.889. The highest BCUT2D eigenvalue weighted by atomic mass is 127. The summed E-state index contributed by atoms with van der Waals surface area (Å²) in [4.78, 5) is 1.00. The first-order chi connectivity index (χ1) is 10.4. The zero-order chi connectivity index (χ0) is 19.6. The van der Waals surface area contributed by atoms with Crippen molar-refractivity contribution in [2.24, 2.45) is 4.40 Å². The van der Waals surface area contributed by atoms with Gasteiger partial charge in [-0.1, -0.05) is 0 Å². The molecular weight excluding hydrogens is 495 g/mol. The Labute approximate surface area is 145 Å². The lowest BCUT2D eigenvalue weighted by Crippen LogP contribution is -2.54. The van der Waals surface area contributed by atoms with E-state index in [-0.39, 0.29) is 42.0 Å². The Kier molecular flexibility index (Phi) is 7.29. The van der Waals surface area contributed by atoms with Crippen molar-refractivity contribution >= 4 is 39.0 Å². The molecule has 0 saturated carbocycles. The van der Waals surface area contributed by atoms with Crippen LogP contribution in [0.15, 0.2) is 4.40 Å². The van der Waals surface area contributed by atoms with E-state index >= 15 is 0 Å². The molecule has 0 heterocycles. The van der Waals surface area contributed by atoms with Gasteiger partial charge in [0.25, 0.3) is 0 Å². The Morgan fingerprint density at radius 1 is 1.00 bits per heavy atom. The van der Waals surface area contributed by atoms with Crippen LogP contribution in [-0.4, -0.2) is 54.1 Å². The van der Waals surface area contributed by atoms with Crippen LogP contribution < -0.4 is 0 Å². The van der Waals surface area contributed by atoms with Crippen LogP contribution in [0.1, 0.15) is 13.8 Å². The van der Waals surface area contributed by atoms with Crippen molar-refractivity contribution in [3.8, 4) is 0 Å². The maximum Gasteiger partial charge on any atom is 0.455 e. The first-order valence-electron chi connectivity index (χ1n) is 5.89. The van der Waals surface area contributed by atoms with Crippen molar-refractivity contribution in [3.63, 3.8) is 0 Å². The molecule has 0 rings (SSSR count). The van der Waals surface area contributed by atoms with E-state index in [4.69, 9.17) is 0 Å². The summed E-state index contributed by atoms with van der Waals surface area (Å²) in [6, 6.07) is 0. The topological polar surface area (TPSA) is 59.0 Å². The number of alkyl halides is 9. The normalized spacial score (nSPS) is 15.1. The van der Waals surface area contributed by atoms with Gasteiger partial charge in [-0.15, -0.1) is 4.40 Å². The number of halogens is 9. The molecule has 0 aromatic carbocycles. The molecule has 0 aliphatic heterocycles. The third kappa shape index (κ3) is 5.03. The Balaban J connectivity index is 5.69. The molecule has 0 aliphatic rings. The van der Waals surface area contributed by atoms with Crippen molar-refractivity contribution in [1.82, 2.24) is 4.90 Å². The van der Waals surface area contributed by atoms with Gasteiger partial charge in [0.15, 0.2) is 0 Å². The molecule has 0 saturated heterocycles. The van der Waals surface area contributed by atoms with E-state index in [2.05, 4.69) is 9.13 Å². The number of rotatable bonds is 9. The maximum atomic E-state index is 13.4. The molecule has 24 heavy (non-hydrogen) atoms. The SMILES string of the molecule is CCN(/C=N/S(=O)(=O)C(F)(F)C(F)(F)OC(F)(F)C(F)(F)I)CC. The van der Waals surface area contributed by atoms with Crippen molar-refractivity contribution in [1.29, 1.82) is 0 Å². The highest BCUT2D eigenvalue weighted by Crippen LogP contribution is 2.49. The number of sulfonamides is 1. The lowest BCUT2D eigenvalue weighted by Gasteiger charge is -2.29. The van der Waals surface area contributed by atoms with E-state index in [1.165, 1.54) is 13.8 Å². The van der Waals surface area contributed by atoms with Gasteiger partial charge in [0.2, 0.25) is 0 Å². The highest BCUT2D eigenvalue weighted by Gasteiger charge is 2.73. The van der Waals surface area contributed by atoms with Crippen LogP contribution in [-0.2, 0) is 14.8 Å². The van der Waals surface area contributed by atoms with Gasteiger partial charge in [-0.3, -0.25) is 0 Å². The van der Waals surface area contributed by atoms with Crippen LogP contribution in [0.25, 0.3) is 0 Å². The Hall–Kier alpha value is -0.450. The van der Waals surface area contributed by atoms with Crippen molar-refractivity contribution < 1.29 is 48.3 Å². The molecule has 0 fully saturated rings. The van der Waals surface area contributed by atoms with Crippen molar-refractivity contribution in [2.75, 3.05) is 13.1 Å². The summed E-state index contributed by atoms with van der Waals surface area (Å²) < 4.78 is 125. The van der Waals surface area contributed by atoms with Gasteiger partial charge in [-0.25, -0.2) is 4.74 Å². The molecular formula is C9H11F8IN2O3S. The number of hydrogen-bond donors (Lipinski definition) is 0. The van der Waals surface area contributed by atoms with Crippen LogP contribution in [0.5, 0.6) is 0 Å². The largest absolute Gasteiger partial charge is 0.455 e. The van der Waals surface area contributed by atoms with E-state index in [9.17, 15) is 43.5 Å². The molecule has 0 aromatic rings. The summed E-state index contributed by atoms with van der Waals surface area (Å²) >= 11 is -0.329. The minimum Gasteiger partial charge on any atom is -0.362 e. The van der Waals surface area contributed by atoms with Gasteiger partial charge < -0.3 is 4.90 Å². The molecule has 0 aromatic heterocycles. The quantitative estimate of drug-likeness (QED) is 0.158. The fourth-order valence-corrected chi connectivity index (χ4v) is 1.85. The molecule has 0 spiro atoms. The van der Waals surface area contributed by atoms with Gasteiger partial charge in [-0.2, -0.15) is 43.5 Å². The molecule has 5 nitrogen and oxygen atoms in total. The van der Waals surface area contributed by atoms with Gasteiger partial charge in [0, 0.05) is 35.7 Å². The predicted octanol–water partition coefficient (Wildman–Crippen LogP) is 3.51. The van der Waals surface area contributed by atoms with E-state index in [0.29, 0.717) is 0 Å². The molecule has 0 aliphatic carbocycles. The number of ether oxygens (including phenoxy) is 1. The molecule has 0 atom stereocenters. The summed E-state index contributed by atoms with van der Waals surface area (Å²) in [6.45, 7) is 3.02. The lowest BCUT2D eigenvalue weighted by atomic mass is 10.6. The summed E-state index contributed by atoms with van der Waals surface area (Å²) in [5.41, 5.74) is 0. The molecule has 0 N–H and O–H groups in total. The number of hydrogen-bond acceptors (Lipinski definition) is 3. The molecule has 0 radical (unpaired) electrons. The van der Waals surface area contributed by atoms with E-state index < -0.39 is 31.4 Å². The van der Waals surface area contributed by atoms with Crippen LogP contribution in [0.4, 0.5) is 35.1 Å². The number of nitrogens with zero attached hydrogens (tertiary/aromatic N) is 2. The molecule has 0 bridgehead atoms. The molecule has 144 valence electrons. The Morgan fingerprint density at radius 3 is 1.75 bits per heavy atom.